The van der Waals surface area contributed by atoms with Gasteiger partial charge in [-0.15, -0.1) is 0 Å². The number of ether oxygens (including phenoxy) is 2. The summed E-state index contributed by atoms with van der Waals surface area (Å²) in [5, 5.41) is 0. The lowest BCUT2D eigenvalue weighted by Crippen LogP contribution is -2.53. The number of carbonyl (C=O) groups excluding carboxylic acids is 2. The molecule has 23 heavy (non-hydrogen) atoms. The Morgan fingerprint density at radius 1 is 1.17 bits per heavy atom. The zero-order valence-corrected chi connectivity index (χ0v) is 14.3. The molecule has 3 fully saturated rings. The van der Waals surface area contributed by atoms with Gasteiger partial charge in [0.05, 0.1) is 5.60 Å². The lowest BCUT2D eigenvalue weighted by Gasteiger charge is -2.44. The Labute approximate surface area is 138 Å². The van der Waals surface area contributed by atoms with E-state index < -0.39 is 0 Å². The van der Waals surface area contributed by atoms with Gasteiger partial charge < -0.3 is 19.3 Å². The third-order valence-electron chi connectivity index (χ3n) is 5.72. The second-order valence-corrected chi connectivity index (χ2v) is 7.17. The van der Waals surface area contributed by atoms with Crippen LogP contribution in [0.15, 0.2) is 0 Å². The van der Waals surface area contributed by atoms with Gasteiger partial charge in [0.25, 0.3) is 5.91 Å². The summed E-state index contributed by atoms with van der Waals surface area (Å²) >= 11 is 0. The summed E-state index contributed by atoms with van der Waals surface area (Å²) < 4.78 is 11.2. The molecule has 3 saturated heterocycles. The number of hydrogen-bond acceptors (Lipinski definition) is 4. The van der Waals surface area contributed by atoms with Crippen molar-refractivity contribution in [2.75, 3.05) is 39.9 Å². The molecule has 1 spiro atoms. The molecular formula is C17H28N2O4. The number of carbonyl (C=O) groups is 2. The largest absolute Gasteiger partial charge is 0.375 e. The first-order chi connectivity index (χ1) is 11.1. The van der Waals surface area contributed by atoms with Crippen molar-refractivity contribution in [1.82, 2.24) is 9.80 Å². The van der Waals surface area contributed by atoms with Crippen LogP contribution in [-0.2, 0) is 19.1 Å². The minimum atomic E-state index is -0.281. The molecule has 0 aromatic rings. The van der Waals surface area contributed by atoms with Crippen LogP contribution in [0.3, 0.4) is 0 Å². The van der Waals surface area contributed by atoms with Crippen LogP contribution in [0.5, 0.6) is 0 Å². The molecule has 1 unspecified atom stereocenters. The molecule has 3 rings (SSSR count). The van der Waals surface area contributed by atoms with Crippen molar-refractivity contribution >= 4 is 11.8 Å². The molecule has 6 heteroatoms. The monoisotopic (exact) mass is 324 g/mol. The summed E-state index contributed by atoms with van der Waals surface area (Å²) in [5.74, 6) is 0.454. The summed E-state index contributed by atoms with van der Waals surface area (Å²) in [6.45, 7) is 5.40. The van der Waals surface area contributed by atoms with Crippen molar-refractivity contribution in [2.45, 2.75) is 50.7 Å². The van der Waals surface area contributed by atoms with Gasteiger partial charge in [-0.05, 0) is 32.1 Å². The van der Waals surface area contributed by atoms with E-state index in [1.165, 1.54) is 0 Å². The van der Waals surface area contributed by atoms with E-state index in [-0.39, 0.29) is 36.0 Å². The van der Waals surface area contributed by atoms with Crippen molar-refractivity contribution in [3.05, 3.63) is 0 Å². The van der Waals surface area contributed by atoms with Crippen LogP contribution in [0.1, 0.15) is 39.0 Å². The third-order valence-corrected chi connectivity index (χ3v) is 5.72. The molecule has 0 radical (unpaired) electrons. The van der Waals surface area contributed by atoms with E-state index in [1.807, 2.05) is 9.80 Å². The number of nitrogens with zero attached hydrogens (tertiary/aromatic N) is 2. The first-order valence-corrected chi connectivity index (χ1v) is 8.79. The maximum absolute atomic E-state index is 12.6. The van der Waals surface area contributed by atoms with Gasteiger partial charge >= 0.3 is 0 Å². The van der Waals surface area contributed by atoms with Crippen LogP contribution >= 0.6 is 0 Å². The molecule has 0 aromatic carbocycles. The first-order valence-electron chi connectivity index (χ1n) is 8.79. The van der Waals surface area contributed by atoms with Gasteiger partial charge in [-0.2, -0.15) is 0 Å². The second kappa shape index (κ2) is 6.77. The zero-order chi connectivity index (χ0) is 16.4. The molecule has 3 aliphatic heterocycles. The smallest absolute Gasteiger partial charge is 0.251 e. The van der Waals surface area contributed by atoms with E-state index in [1.54, 1.807) is 7.11 Å². The molecule has 0 saturated carbocycles. The van der Waals surface area contributed by atoms with Crippen molar-refractivity contribution in [3.8, 4) is 0 Å². The van der Waals surface area contributed by atoms with E-state index in [9.17, 15) is 9.59 Å². The molecule has 3 atom stereocenters. The molecule has 130 valence electrons. The van der Waals surface area contributed by atoms with Crippen LogP contribution in [0.4, 0.5) is 0 Å². The fourth-order valence-electron chi connectivity index (χ4n) is 4.24. The topological polar surface area (TPSA) is 59.1 Å². The quantitative estimate of drug-likeness (QED) is 0.778. The van der Waals surface area contributed by atoms with Gasteiger partial charge in [0.2, 0.25) is 5.91 Å². The standard InChI is InChI=1S/C17H28N2O4/c1-13-11-19(15(20)12-22-2)10-7-17(13)6-5-14(23-17)16(21)18-8-3-4-9-18/h13-14H,3-12H2,1-2H3/t13-,14?,17+/m1/s1. The number of methoxy groups -OCH3 is 1. The Kier molecular flexibility index (Phi) is 4.92. The average Bonchev–Trinajstić information content (AvgIpc) is 3.20. The Morgan fingerprint density at radius 2 is 1.91 bits per heavy atom. The summed E-state index contributed by atoms with van der Waals surface area (Å²) in [4.78, 5) is 28.4. The van der Waals surface area contributed by atoms with E-state index in [4.69, 9.17) is 9.47 Å². The Morgan fingerprint density at radius 3 is 2.57 bits per heavy atom. The highest BCUT2D eigenvalue weighted by atomic mass is 16.5. The summed E-state index contributed by atoms with van der Waals surface area (Å²) in [5.41, 5.74) is -0.232. The lowest BCUT2D eigenvalue weighted by molar-refractivity contribution is -0.160. The van der Waals surface area contributed by atoms with Gasteiger partial charge in [-0.1, -0.05) is 6.92 Å². The number of rotatable bonds is 3. The van der Waals surface area contributed by atoms with Gasteiger partial charge in [0.1, 0.15) is 12.7 Å². The number of hydrogen-bond donors (Lipinski definition) is 0. The maximum atomic E-state index is 12.6. The molecule has 0 N–H and O–H groups in total. The van der Waals surface area contributed by atoms with Crippen molar-refractivity contribution < 1.29 is 19.1 Å². The van der Waals surface area contributed by atoms with Gasteiger partial charge in [0, 0.05) is 39.2 Å². The van der Waals surface area contributed by atoms with E-state index >= 15 is 0 Å². The minimum Gasteiger partial charge on any atom is -0.375 e. The van der Waals surface area contributed by atoms with Crippen LogP contribution in [0.2, 0.25) is 0 Å². The number of likely N-dealkylation sites (tertiary alicyclic amines) is 2. The molecule has 0 aromatic heterocycles. The molecule has 6 nitrogen and oxygen atoms in total. The van der Waals surface area contributed by atoms with Crippen molar-refractivity contribution in [2.24, 2.45) is 5.92 Å². The van der Waals surface area contributed by atoms with Crippen LogP contribution in [-0.4, -0.2) is 73.2 Å². The molecule has 3 aliphatic rings. The van der Waals surface area contributed by atoms with E-state index in [2.05, 4.69) is 6.92 Å². The Balaban J connectivity index is 1.59. The maximum Gasteiger partial charge on any atom is 0.251 e. The normalized spacial score (nSPS) is 34.3. The molecule has 0 bridgehead atoms. The molecule has 2 amide bonds. The summed E-state index contributed by atoms with van der Waals surface area (Å²) in [7, 11) is 1.54. The fourth-order valence-corrected chi connectivity index (χ4v) is 4.24. The van der Waals surface area contributed by atoms with Crippen molar-refractivity contribution in [1.29, 1.82) is 0 Å². The molecule has 0 aliphatic carbocycles. The highest BCUT2D eigenvalue weighted by Crippen LogP contribution is 2.42. The highest BCUT2D eigenvalue weighted by molar-refractivity contribution is 5.81. The number of piperidine rings is 1. The van der Waals surface area contributed by atoms with Gasteiger partial charge in [-0.25, -0.2) is 0 Å². The predicted molar refractivity (Wildman–Crippen MR) is 84.9 cm³/mol. The zero-order valence-electron chi connectivity index (χ0n) is 14.3. The molecular weight excluding hydrogens is 296 g/mol. The number of amides is 2. The summed E-state index contributed by atoms with van der Waals surface area (Å²) in [6, 6.07) is 0. The minimum absolute atomic E-state index is 0.0388. The van der Waals surface area contributed by atoms with E-state index in [0.717, 1.165) is 45.2 Å². The SMILES string of the molecule is COCC(=O)N1CC[C@@]2(CCC(C(=O)N3CCCC3)O2)[C@H](C)C1. The van der Waals surface area contributed by atoms with Gasteiger partial charge in [-0.3, -0.25) is 9.59 Å². The lowest BCUT2D eigenvalue weighted by atomic mass is 9.80. The highest BCUT2D eigenvalue weighted by Gasteiger charge is 2.50. The predicted octanol–water partition coefficient (Wildman–Crippen LogP) is 1.04. The Hall–Kier alpha value is -1.14. The molecule has 3 heterocycles. The first kappa shape index (κ1) is 16.7. The van der Waals surface area contributed by atoms with Crippen LogP contribution < -0.4 is 0 Å². The summed E-state index contributed by atoms with van der Waals surface area (Å²) in [6.07, 6.45) is 4.48. The fraction of sp³-hybridized carbons (Fsp3) is 0.882. The third kappa shape index (κ3) is 3.24. The second-order valence-electron chi connectivity index (χ2n) is 7.17. The van der Waals surface area contributed by atoms with Gasteiger partial charge in [0.15, 0.2) is 0 Å². The van der Waals surface area contributed by atoms with Crippen LogP contribution in [0, 0.1) is 5.92 Å². The van der Waals surface area contributed by atoms with Crippen LogP contribution in [0.25, 0.3) is 0 Å². The van der Waals surface area contributed by atoms with E-state index in [0.29, 0.717) is 13.1 Å². The van der Waals surface area contributed by atoms with Crippen molar-refractivity contribution in [3.63, 3.8) is 0 Å². The average molecular weight is 324 g/mol. The Bertz CT molecular complexity index is 464.